The monoisotopic (exact) mass is 313 g/mol. The molecule has 6 heteroatoms. The summed E-state index contributed by atoms with van der Waals surface area (Å²) in [6.45, 7) is 10.7. The molecule has 0 spiro atoms. The predicted molar refractivity (Wildman–Crippen MR) is 89.7 cm³/mol. The molecule has 0 aromatic carbocycles. The Bertz CT molecular complexity index is 756. The van der Waals surface area contributed by atoms with Crippen LogP contribution in [0.2, 0.25) is 0 Å². The summed E-state index contributed by atoms with van der Waals surface area (Å²) in [4.78, 5) is 22.9. The predicted octanol–water partition coefficient (Wildman–Crippen LogP) is 1.78. The highest BCUT2D eigenvalue weighted by atomic mass is 16.1. The van der Waals surface area contributed by atoms with Gasteiger partial charge in [-0.1, -0.05) is 20.8 Å². The molecule has 2 aromatic rings. The van der Waals surface area contributed by atoms with E-state index in [1.165, 1.54) is 0 Å². The maximum absolute atomic E-state index is 12.0. The van der Waals surface area contributed by atoms with Crippen molar-refractivity contribution in [2.75, 3.05) is 18.0 Å². The highest BCUT2D eigenvalue weighted by Gasteiger charge is 2.30. The Labute approximate surface area is 136 Å². The Kier molecular flexibility index (Phi) is 3.92. The van der Waals surface area contributed by atoms with Crippen LogP contribution in [0, 0.1) is 12.8 Å². The lowest BCUT2D eigenvalue weighted by atomic mass is 9.92. The van der Waals surface area contributed by atoms with Crippen LogP contribution in [0.5, 0.6) is 0 Å². The summed E-state index contributed by atoms with van der Waals surface area (Å²) in [5, 5.41) is 4.54. The Morgan fingerprint density at radius 2 is 1.87 bits per heavy atom. The minimum Gasteiger partial charge on any atom is -0.354 e. The minimum absolute atomic E-state index is 0.0351. The highest BCUT2D eigenvalue weighted by Crippen LogP contribution is 2.25. The van der Waals surface area contributed by atoms with Crippen LogP contribution in [0.3, 0.4) is 0 Å². The molecule has 3 rings (SSSR count). The van der Waals surface area contributed by atoms with Crippen LogP contribution in [0.4, 0.5) is 5.82 Å². The molecule has 0 bridgehead atoms. The number of aryl methyl sites for hydroxylation is 1. The quantitative estimate of drug-likeness (QED) is 0.864. The first-order valence-electron chi connectivity index (χ1n) is 7.96. The third-order valence-corrected chi connectivity index (χ3v) is 4.18. The van der Waals surface area contributed by atoms with Crippen molar-refractivity contribution in [1.29, 1.82) is 0 Å². The van der Waals surface area contributed by atoms with E-state index in [2.05, 4.69) is 40.7 Å². The third kappa shape index (κ3) is 3.25. The molecule has 1 fully saturated rings. The van der Waals surface area contributed by atoms with Gasteiger partial charge in [-0.2, -0.15) is 5.10 Å². The van der Waals surface area contributed by atoms with E-state index in [9.17, 15) is 4.79 Å². The van der Waals surface area contributed by atoms with Crippen molar-refractivity contribution in [2.24, 2.45) is 5.92 Å². The molecule has 0 aliphatic carbocycles. The fraction of sp³-hybridized carbons (Fsp3) is 0.529. The zero-order valence-electron chi connectivity index (χ0n) is 14.2. The molecule has 0 atom stereocenters. The number of nitrogens with zero attached hydrogens (tertiary/aromatic N) is 5. The number of aromatic nitrogens is 4. The lowest BCUT2D eigenvalue weighted by Gasteiger charge is -2.40. The smallest absolute Gasteiger partial charge is 0.266 e. The van der Waals surface area contributed by atoms with Gasteiger partial charge in [0.2, 0.25) is 0 Å². The molecule has 3 heterocycles. The Morgan fingerprint density at radius 1 is 1.17 bits per heavy atom. The van der Waals surface area contributed by atoms with Gasteiger partial charge < -0.3 is 4.90 Å². The average molecular weight is 313 g/mol. The van der Waals surface area contributed by atoms with Gasteiger partial charge in [-0.25, -0.2) is 9.67 Å². The van der Waals surface area contributed by atoms with Gasteiger partial charge in [0.1, 0.15) is 5.82 Å². The molecule has 23 heavy (non-hydrogen) atoms. The van der Waals surface area contributed by atoms with E-state index in [-0.39, 0.29) is 11.0 Å². The zero-order chi connectivity index (χ0) is 16.6. The van der Waals surface area contributed by atoms with Gasteiger partial charge in [0, 0.05) is 42.9 Å². The van der Waals surface area contributed by atoms with Crippen molar-refractivity contribution < 1.29 is 0 Å². The van der Waals surface area contributed by atoms with Gasteiger partial charge in [-0.3, -0.25) is 9.78 Å². The molecule has 0 radical (unpaired) electrons. The number of anilines is 1. The molecular formula is C17H23N5O. The van der Waals surface area contributed by atoms with Gasteiger partial charge in [0.15, 0.2) is 0 Å². The van der Waals surface area contributed by atoms with Crippen LogP contribution in [0.15, 0.2) is 29.3 Å². The molecule has 1 saturated heterocycles. The van der Waals surface area contributed by atoms with Gasteiger partial charge in [0.05, 0.1) is 17.9 Å². The normalized spacial score (nSPS) is 15.6. The Balaban J connectivity index is 1.69. The molecule has 0 unspecified atom stereocenters. The van der Waals surface area contributed by atoms with Crippen molar-refractivity contribution in [3.8, 4) is 0 Å². The lowest BCUT2D eigenvalue weighted by molar-refractivity contribution is 0.327. The molecule has 1 aliphatic rings. The molecule has 1 aliphatic heterocycles. The summed E-state index contributed by atoms with van der Waals surface area (Å²) in [5.41, 5.74) is 1.79. The standard InChI is InChI=1S/C17H23N5O/c1-12-16(19-8-7-18-12)21-9-13(10-21)11-22-15(23)6-5-14(20-22)17(2,3)4/h5-8,13H,9-11H2,1-4H3. The van der Waals surface area contributed by atoms with Gasteiger partial charge in [-0.15, -0.1) is 0 Å². The van der Waals surface area contributed by atoms with E-state index >= 15 is 0 Å². The van der Waals surface area contributed by atoms with E-state index in [1.807, 2.05) is 13.0 Å². The summed E-state index contributed by atoms with van der Waals surface area (Å²) in [6.07, 6.45) is 3.42. The second-order valence-corrected chi connectivity index (χ2v) is 7.23. The molecule has 0 N–H and O–H groups in total. The summed E-state index contributed by atoms with van der Waals surface area (Å²) < 4.78 is 1.60. The average Bonchev–Trinajstić information content (AvgIpc) is 2.44. The summed E-state index contributed by atoms with van der Waals surface area (Å²) >= 11 is 0. The Morgan fingerprint density at radius 3 is 2.52 bits per heavy atom. The first-order valence-corrected chi connectivity index (χ1v) is 7.96. The van der Waals surface area contributed by atoms with Crippen molar-refractivity contribution in [2.45, 2.75) is 39.7 Å². The van der Waals surface area contributed by atoms with Gasteiger partial charge >= 0.3 is 0 Å². The first-order chi connectivity index (χ1) is 10.8. The molecular weight excluding hydrogens is 290 g/mol. The van der Waals surface area contributed by atoms with Crippen LogP contribution in [-0.2, 0) is 12.0 Å². The van der Waals surface area contributed by atoms with Crippen molar-refractivity contribution >= 4 is 5.82 Å². The second-order valence-electron chi connectivity index (χ2n) is 7.23. The third-order valence-electron chi connectivity index (χ3n) is 4.18. The van der Waals surface area contributed by atoms with E-state index < -0.39 is 0 Å². The number of hydrogen-bond acceptors (Lipinski definition) is 5. The summed E-state index contributed by atoms with van der Waals surface area (Å²) in [7, 11) is 0. The molecule has 0 saturated carbocycles. The fourth-order valence-electron chi connectivity index (χ4n) is 2.79. The lowest BCUT2D eigenvalue weighted by Crippen LogP contribution is -2.50. The second kappa shape index (κ2) is 5.76. The molecule has 0 amide bonds. The van der Waals surface area contributed by atoms with E-state index in [0.717, 1.165) is 30.3 Å². The SMILES string of the molecule is Cc1nccnc1N1CC(Cn2nc(C(C)(C)C)ccc2=O)C1. The minimum atomic E-state index is -0.0577. The van der Waals surface area contributed by atoms with Crippen LogP contribution < -0.4 is 10.5 Å². The van der Waals surface area contributed by atoms with Crippen LogP contribution in [-0.4, -0.2) is 32.8 Å². The van der Waals surface area contributed by atoms with Crippen LogP contribution in [0.25, 0.3) is 0 Å². The largest absolute Gasteiger partial charge is 0.354 e. The van der Waals surface area contributed by atoms with Crippen LogP contribution in [0.1, 0.15) is 32.2 Å². The maximum atomic E-state index is 12.0. The number of hydrogen-bond donors (Lipinski definition) is 0. The van der Waals surface area contributed by atoms with Crippen molar-refractivity contribution in [3.63, 3.8) is 0 Å². The molecule has 6 nitrogen and oxygen atoms in total. The summed E-state index contributed by atoms with van der Waals surface area (Å²) in [5.74, 6) is 1.35. The topological polar surface area (TPSA) is 63.9 Å². The first kappa shape index (κ1) is 15.6. The van der Waals surface area contributed by atoms with Crippen molar-refractivity contribution in [1.82, 2.24) is 19.7 Å². The van der Waals surface area contributed by atoms with Gasteiger partial charge in [-0.05, 0) is 13.0 Å². The van der Waals surface area contributed by atoms with Crippen molar-refractivity contribution in [3.05, 3.63) is 46.3 Å². The molecule has 122 valence electrons. The summed E-state index contributed by atoms with van der Waals surface area (Å²) in [6, 6.07) is 3.45. The van der Waals surface area contributed by atoms with Crippen LogP contribution >= 0.6 is 0 Å². The number of rotatable bonds is 3. The maximum Gasteiger partial charge on any atom is 0.266 e. The highest BCUT2D eigenvalue weighted by molar-refractivity contribution is 5.44. The van der Waals surface area contributed by atoms with E-state index in [4.69, 9.17) is 0 Å². The van der Waals surface area contributed by atoms with E-state index in [1.54, 1.807) is 23.1 Å². The van der Waals surface area contributed by atoms with Gasteiger partial charge in [0.25, 0.3) is 5.56 Å². The van der Waals surface area contributed by atoms with E-state index in [0.29, 0.717) is 12.5 Å². The zero-order valence-corrected chi connectivity index (χ0v) is 14.2. The molecule has 2 aromatic heterocycles. The fourth-order valence-corrected chi connectivity index (χ4v) is 2.79. The Hall–Kier alpha value is -2.24.